The first-order valence-corrected chi connectivity index (χ1v) is 6.68. The van der Waals surface area contributed by atoms with Crippen LogP contribution < -0.4 is 10.5 Å². The molecular weight excluding hydrogens is 224 g/mol. The summed E-state index contributed by atoms with van der Waals surface area (Å²) in [6.07, 6.45) is 2.43. The van der Waals surface area contributed by atoms with Gasteiger partial charge in [0.1, 0.15) is 5.75 Å². The molecule has 0 saturated carbocycles. The van der Waals surface area contributed by atoms with Crippen molar-refractivity contribution in [1.29, 1.82) is 0 Å². The van der Waals surface area contributed by atoms with Crippen LogP contribution in [0.5, 0.6) is 5.75 Å². The minimum absolute atomic E-state index is 0.575. The van der Waals surface area contributed by atoms with Gasteiger partial charge < -0.3 is 10.5 Å². The Balaban J connectivity index is 2.81. The summed E-state index contributed by atoms with van der Waals surface area (Å²) in [6.45, 7) is 5.96. The minimum atomic E-state index is 0.575. The molecule has 0 heterocycles. The number of rotatable bonds is 7. The van der Waals surface area contributed by atoms with E-state index >= 15 is 0 Å². The first kappa shape index (κ1) is 15.0. The van der Waals surface area contributed by atoms with Crippen molar-refractivity contribution in [2.24, 2.45) is 5.73 Å². The van der Waals surface area contributed by atoms with E-state index in [1.807, 2.05) is 12.1 Å². The van der Waals surface area contributed by atoms with Crippen LogP contribution in [-0.2, 0) is 13.1 Å². The van der Waals surface area contributed by atoms with Crippen molar-refractivity contribution in [3.05, 3.63) is 29.3 Å². The number of benzene rings is 1. The Bertz CT molecular complexity index is 366. The Morgan fingerprint density at radius 3 is 2.67 bits per heavy atom. The maximum Gasteiger partial charge on any atom is 0.123 e. The number of hydrogen-bond donors (Lipinski definition) is 1. The van der Waals surface area contributed by atoms with Crippen molar-refractivity contribution in [1.82, 2.24) is 4.90 Å². The second-order valence-electron chi connectivity index (χ2n) is 4.90. The van der Waals surface area contributed by atoms with E-state index < -0.39 is 0 Å². The number of nitrogens with two attached hydrogens (primary N) is 1. The van der Waals surface area contributed by atoms with Crippen molar-refractivity contribution in [2.75, 3.05) is 14.2 Å². The average Bonchev–Trinajstić information content (AvgIpc) is 2.38. The van der Waals surface area contributed by atoms with Gasteiger partial charge in [-0.25, -0.2) is 0 Å². The molecule has 0 fully saturated rings. The van der Waals surface area contributed by atoms with Crippen LogP contribution >= 0.6 is 0 Å². The van der Waals surface area contributed by atoms with E-state index in [0.29, 0.717) is 12.6 Å². The molecule has 1 aromatic carbocycles. The molecule has 1 aromatic rings. The van der Waals surface area contributed by atoms with Gasteiger partial charge in [0, 0.05) is 24.7 Å². The normalized spacial score (nSPS) is 12.8. The van der Waals surface area contributed by atoms with Crippen molar-refractivity contribution < 1.29 is 4.74 Å². The summed E-state index contributed by atoms with van der Waals surface area (Å²) in [5, 5.41) is 0. The first-order chi connectivity index (χ1) is 8.62. The molecular formula is C15H26N2O. The lowest BCUT2D eigenvalue weighted by Crippen LogP contribution is -2.28. The molecule has 0 aromatic heterocycles. The maximum atomic E-state index is 5.69. The smallest absolute Gasteiger partial charge is 0.123 e. The van der Waals surface area contributed by atoms with E-state index in [1.165, 1.54) is 18.4 Å². The van der Waals surface area contributed by atoms with Crippen molar-refractivity contribution in [3.63, 3.8) is 0 Å². The number of ether oxygens (including phenoxy) is 1. The summed E-state index contributed by atoms with van der Waals surface area (Å²) in [6, 6.07) is 6.77. The molecule has 0 aliphatic rings. The fourth-order valence-electron chi connectivity index (χ4n) is 2.15. The summed E-state index contributed by atoms with van der Waals surface area (Å²) in [7, 11) is 3.88. The molecule has 2 N–H and O–H groups in total. The zero-order valence-corrected chi connectivity index (χ0v) is 12.1. The van der Waals surface area contributed by atoms with Crippen LogP contribution in [-0.4, -0.2) is 25.1 Å². The third kappa shape index (κ3) is 4.00. The van der Waals surface area contributed by atoms with Crippen LogP contribution in [0, 0.1) is 0 Å². The van der Waals surface area contributed by atoms with E-state index in [-0.39, 0.29) is 0 Å². The predicted molar refractivity (Wildman–Crippen MR) is 76.7 cm³/mol. The molecule has 0 aliphatic carbocycles. The Hall–Kier alpha value is -1.06. The maximum absolute atomic E-state index is 5.69. The van der Waals surface area contributed by atoms with Gasteiger partial charge in [0.2, 0.25) is 0 Å². The van der Waals surface area contributed by atoms with E-state index in [4.69, 9.17) is 10.5 Å². The van der Waals surface area contributed by atoms with Gasteiger partial charge in [-0.2, -0.15) is 0 Å². The van der Waals surface area contributed by atoms with Crippen molar-refractivity contribution in [3.8, 4) is 5.75 Å². The van der Waals surface area contributed by atoms with Crippen LogP contribution in [0.4, 0.5) is 0 Å². The Labute approximate surface area is 111 Å². The summed E-state index contributed by atoms with van der Waals surface area (Å²) < 4.78 is 5.42. The standard InChI is InChI=1S/C15H26N2O/c1-5-6-12(2)17(3)11-14-9-13(10-16)7-8-15(14)18-4/h7-9,12H,5-6,10-11,16H2,1-4H3. The van der Waals surface area contributed by atoms with Gasteiger partial charge in [-0.05, 0) is 38.1 Å². The monoisotopic (exact) mass is 250 g/mol. The second kappa shape index (κ2) is 7.39. The fraction of sp³-hybridized carbons (Fsp3) is 0.600. The molecule has 0 bridgehead atoms. The van der Waals surface area contributed by atoms with Crippen LogP contribution in [0.1, 0.15) is 37.8 Å². The fourth-order valence-corrected chi connectivity index (χ4v) is 2.15. The zero-order valence-electron chi connectivity index (χ0n) is 12.1. The number of methoxy groups -OCH3 is 1. The molecule has 0 radical (unpaired) electrons. The van der Waals surface area contributed by atoms with Gasteiger partial charge in [0.25, 0.3) is 0 Å². The molecule has 3 nitrogen and oxygen atoms in total. The summed E-state index contributed by atoms with van der Waals surface area (Å²) in [4.78, 5) is 2.36. The highest BCUT2D eigenvalue weighted by Crippen LogP contribution is 2.22. The van der Waals surface area contributed by atoms with Gasteiger partial charge in [0.15, 0.2) is 0 Å². The molecule has 102 valence electrons. The molecule has 0 spiro atoms. The van der Waals surface area contributed by atoms with E-state index in [0.717, 1.165) is 17.9 Å². The molecule has 1 atom stereocenters. The molecule has 1 rings (SSSR count). The summed E-state index contributed by atoms with van der Waals surface area (Å²) >= 11 is 0. The van der Waals surface area contributed by atoms with Crippen LogP contribution in [0.3, 0.4) is 0 Å². The Morgan fingerprint density at radius 1 is 1.39 bits per heavy atom. The summed E-state index contributed by atoms with van der Waals surface area (Å²) in [5.74, 6) is 0.947. The molecule has 0 amide bonds. The van der Waals surface area contributed by atoms with Gasteiger partial charge >= 0.3 is 0 Å². The molecule has 3 heteroatoms. The molecule has 1 unspecified atom stereocenters. The molecule has 0 saturated heterocycles. The lowest BCUT2D eigenvalue weighted by atomic mass is 10.1. The second-order valence-corrected chi connectivity index (χ2v) is 4.90. The highest BCUT2D eigenvalue weighted by molar-refractivity contribution is 5.37. The highest BCUT2D eigenvalue weighted by atomic mass is 16.5. The van der Waals surface area contributed by atoms with Crippen molar-refractivity contribution in [2.45, 2.75) is 45.8 Å². The van der Waals surface area contributed by atoms with Crippen LogP contribution in [0.2, 0.25) is 0 Å². The quantitative estimate of drug-likeness (QED) is 0.808. The molecule has 0 aliphatic heterocycles. The number of hydrogen-bond acceptors (Lipinski definition) is 3. The largest absolute Gasteiger partial charge is 0.496 e. The number of nitrogens with zero attached hydrogens (tertiary/aromatic N) is 1. The topological polar surface area (TPSA) is 38.5 Å². The SMILES string of the molecule is CCCC(C)N(C)Cc1cc(CN)ccc1OC. The zero-order chi connectivity index (χ0) is 13.5. The Kier molecular flexibility index (Phi) is 6.16. The van der Waals surface area contributed by atoms with E-state index in [9.17, 15) is 0 Å². The average molecular weight is 250 g/mol. The third-order valence-electron chi connectivity index (χ3n) is 3.46. The summed E-state index contributed by atoms with van der Waals surface area (Å²) in [5.41, 5.74) is 8.06. The predicted octanol–water partition coefficient (Wildman–Crippen LogP) is 2.77. The van der Waals surface area contributed by atoms with Gasteiger partial charge in [0.05, 0.1) is 7.11 Å². The molecule has 18 heavy (non-hydrogen) atoms. The van der Waals surface area contributed by atoms with Crippen LogP contribution in [0.15, 0.2) is 18.2 Å². The first-order valence-electron chi connectivity index (χ1n) is 6.68. The third-order valence-corrected chi connectivity index (χ3v) is 3.46. The lowest BCUT2D eigenvalue weighted by molar-refractivity contribution is 0.233. The van der Waals surface area contributed by atoms with Gasteiger partial charge in [-0.3, -0.25) is 4.90 Å². The van der Waals surface area contributed by atoms with E-state index in [1.54, 1.807) is 7.11 Å². The minimum Gasteiger partial charge on any atom is -0.496 e. The van der Waals surface area contributed by atoms with Crippen molar-refractivity contribution >= 4 is 0 Å². The lowest BCUT2D eigenvalue weighted by Gasteiger charge is -2.25. The van der Waals surface area contributed by atoms with E-state index in [2.05, 4.69) is 31.9 Å². The van der Waals surface area contributed by atoms with Crippen LogP contribution in [0.25, 0.3) is 0 Å². The van der Waals surface area contributed by atoms with Gasteiger partial charge in [-0.15, -0.1) is 0 Å². The Morgan fingerprint density at radius 2 is 2.11 bits per heavy atom. The highest BCUT2D eigenvalue weighted by Gasteiger charge is 2.12. The van der Waals surface area contributed by atoms with Gasteiger partial charge in [-0.1, -0.05) is 19.4 Å².